The maximum atomic E-state index is 13.6. The highest BCUT2D eigenvalue weighted by molar-refractivity contribution is 5.50. The second kappa shape index (κ2) is 15.2. The quantitative estimate of drug-likeness (QED) is 0.128. The van der Waals surface area contributed by atoms with Gasteiger partial charge in [0.15, 0.2) is 0 Å². The summed E-state index contributed by atoms with van der Waals surface area (Å²) in [5.41, 5.74) is 0.791. The van der Waals surface area contributed by atoms with E-state index >= 15 is 0 Å². The Kier molecular flexibility index (Phi) is 9.74. The lowest BCUT2D eigenvalue weighted by Gasteiger charge is -2.15. The predicted molar refractivity (Wildman–Crippen MR) is 190 cm³/mol. The molecule has 0 aliphatic carbocycles. The highest BCUT2D eigenvalue weighted by Gasteiger charge is 2.11. The van der Waals surface area contributed by atoms with E-state index in [2.05, 4.69) is 0 Å². The third-order valence-corrected chi connectivity index (χ3v) is 7.45. The lowest BCUT2D eigenvalue weighted by molar-refractivity contribution is 0.440. The molecule has 0 aliphatic heterocycles. The second-order valence-electron chi connectivity index (χ2n) is 11.3. The molecule has 0 unspecified atom stereocenters. The van der Waals surface area contributed by atoms with Crippen molar-refractivity contribution >= 4 is 0 Å². The molecular weight excluding hydrogens is 650 g/mol. The van der Waals surface area contributed by atoms with Crippen LogP contribution in [-0.2, 0) is 0 Å². The fourth-order valence-corrected chi connectivity index (χ4v) is 5.08. The van der Waals surface area contributed by atoms with Crippen molar-refractivity contribution in [3.63, 3.8) is 0 Å². The first kappa shape index (κ1) is 32.7. The Morgan fingerprint density at radius 2 is 0.529 bits per heavy atom. The molecule has 0 radical (unpaired) electrons. The summed E-state index contributed by atoms with van der Waals surface area (Å²) in [6.07, 6.45) is 0. The highest BCUT2D eigenvalue weighted by atomic mass is 19.1. The molecule has 6 nitrogen and oxygen atoms in total. The molecule has 8 heteroatoms. The molecule has 0 spiro atoms. The number of benzene rings is 7. The lowest BCUT2D eigenvalue weighted by Crippen LogP contribution is -1.93. The zero-order valence-corrected chi connectivity index (χ0v) is 27.3. The van der Waals surface area contributed by atoms with Crippen LogP contribution in [-0.4, -0.2) is 0 Å². The van der Waals surface area contributed by atoms with Crippen LogP contribution >= 0.6 is 0 Å². The monoisotopic (exact) mass is 680 g/mol. The van der Waals surface area contributed by atoms with Crippen molar-refractivity contribution in [2.75, 3.05) is 0 Å². The average molecular weight is 681 g/mol. The molecule has 0 bridgehead atoms. The van der Waals surface area contributed by atoms with Gasteiger partial charge in [0.25, 0.3) is 0 Å². The molecule has 0 aliphatic rings. The van der Waals surface area contributed by atoms with Crippen LogP contribution < -0.4 is 28.4 Å². The number of halogens is 2. The van der Waals surface area contributed by atoms with Gasteiger partial charge in [-0.05, 0) is 91.9 Å². The third-order valence-electron chi connectivity index (χ3n) is 7.45. The highest BCUT2D eigenvalue weighted by Crippen LogP contribution is 2.37. The molecule has 0 saturated carbocycles. The van der Waals surface area contributed by atoms with E-state index in [0.29, 0.717) is 69.0 Å². The molecule has 0 heterocycles. The van der Waals surface area contributed by atoms with Crippen LogP contribution in [0.1, 0.15) is 5.56 Å². The van der Waals surface area contributed by atoms with E-state index in [4.69, 9.17) is 28.4 Å². The number of hydrogen-bond acceptors (Lipinski definition) is 6. The van der Waals surface area contributed by atoms with Crippen molar-refractivity contribution in [3.8, 4) is 69.0 Å². The second-order valence-corrected chi connectivity index (χ2v) is 11.3. The first-order chi connectivity index (χ1) is 24.9. The molecule has 7 aromatic rings. The Morgan fingerprint density at radius 3 is 0.824 bits per heavy atom. The van der Waals surface area contributed by atoms with Crippen LogP contribution in [0.4, 0.5) is 8.78 Å². The molecule has 0 N–H and O–H groups in total. The minimum atomic E-state index is -0.377. The minimum Gasteiger partial charge on any atom is -0.457 e. The summed E-state index contributed by atoms with van der Waals surface area (Å²) in [6.45, 7) is 1.92. The summed E-state index contributed by atoms with van der Waals surface area (Å²) in [5, 5.41) is 0. The van der Waals surface area contributed by atoms with Gasteiger partial charge in [0.05, 0.1) is 0 Å². The van der Waals surface area contributed by atoms with E-state index < -0.39 is 0 Å². The van der Waals surface area contributed by atoms with Gasteiger partial charge in [0, 0.05) is 42.0 Å². The third kappa shape index (κ3) is 8.82. The van der Waals surface area contributed by atoms with E-state index in [1.54, 1.807) is 84.9 Å². The Balaban J connectivity index is 1.00. The van der Waals surface area contributed by atoms with Crippen LogP contribution in [0, 0.1) is 18.6 Å². The fraction of sp³-hybridized carbons (Fsp3) is 0.0233. The van der Waals surface area contributed by atoms with Crippen molar-refractivity contribution < 1.29 is 37.2 Å². The van der Waals surface area contributed by atoms with Crippen LogP contribution in [0.5, 0.6) is 69.0 Å². The van der Waals surface area contributed by atoms with Gasteiger partial charge in [-0.1, -0.05) is 42.5 Å². The zero-order valence-electron chi connectivity index (χ0n) is 27.3. The molecule has 252 valence electrons. The SMILES string of the molecule is Cc1c(Oc2cccc(Oc3cccc(Oc4cccc(F)c4)c3)c2)cccc1Oc1cccc(Oc2cccc(Oc3cccc(F)c3)c2)c1. The van der Waals surface area contributed by atoms with Crippen molar-refractivity contribution in [1.82, 2.24) is 0 Å². The molecule has 0 fully saturated rings. The summed E-state index contributed by atoms with van der Waals surface area (Å²) in [4.78, 5) is 0. The fourth-order valence-electron chi connectivity index (χ4n) is 5.08. The standard InChI is InChI=1S/C43H30F2O6/c1-29-42(50-40-19-6-17-38(27-40)48-36-15-4-13-34(25-36)46-32-11-2-9-30(44)23-32)21-8-22-43(29)51-41-20-7-18-39(28-41)49-37-16-5-14-35(26-37)47-33-12-3-10-31(45)24-33/h2-28H,1H3. The average Bonchev–Trinajstić information content (AvgIpc) is 3.11. The van der Waals surface area contributed by atoms with Crippen LogP contribution in [0.15, 0.2) is 164 Å². The van der Waals surface area contributed by atoms with Crippen molar-refractivity contribution in [3.05, 3.63) is 181 Å². The number of rotatable bonds is 12. The largest absolute Gasteiger partial charge is 0.457 e. The smallest absolute Gasteiger partial charge is 0.134 e. The summed E-state index contributed by atoms with van der Waals surface area (Å²) < 4.78 is 63.5. The van der Waals surface area contributed by atoms with E-state index in [9.17, 15) is 8.78 Å². The van der Waals surface area contributed by atoms with Gasteiger partial charge in [-0.15, -0.1) is 0 Å². The van der Waals surface area contributed by atoms with E-state index in [1.165, 1.54) is 24.3 Å². The Hall–Kier alpha value is -6.80. The van der Waals surface area contributed by atoms with Crippen LogP contribution in [0.3, 0.4) is 0 Å². The molecule has 0 aromatic heterocycles. The lowest BCUT2D eigenvalue weighted by atomic mass is 10.2. The number of hydrogen-bond donors (Lipinski definition) is 0. The predicted octanol–water partition coefficient (Wildman–Crippen LogP) is 13.0. The Labute approximate surface area is 293 Å². The molecular formula is C43H30F2O6. The minimum absolute atomic E-state index is 0.377. The van der Waals surface area contributed by atoms with E-state index in [0.717, 1.165) is 5.56 Å². The van der Waals surface area contributed by atoms with Crippen molar-refractivity contribution in [2.45, 2.75) is 6.92 Å². The molecule has 51 heavy (non-hydrogen) atoms. The van der Waals surface area contributed by atoms with E-state index in [-0.39, 0.29) is 11.6 Å². The van der Waals surface area contributed by atoms with Gasteiger partial charge in [-0.25, -0.2) is 8.78 Å². The van der Waals surface area contributed by atoms with Crippen LogP contribution in [0.2, 0.25) is 0 Å². The summed E-state index contributed by atoms with van der Waals surface area (Å²) >= 11 is 0. The molecule has 7 aromatic carbocycles. The van der Waals surface area contributed by atoms with Crippen molar-refractivity contribution in [1.29, 1.82) is 0 Å². The number of ether oxygens (including phenoxy) is 6. The van der Waals surface area contributed by atoms with Gasteiger partial charge < -0.3 is 28.4 Å². The first-order valence-electron chi connectivity index (χ1n) is 16.0. The maximum absolute atomic E-state index is 13.6. The normalized spacial score (nSPS) is 10.6. The summed E-state index contributed by atoms with van der Waals surface area (Å²) in [5.74, 6) is 5.61. The van der Waals surface area contributed by atoms with Gasteiger partial charge in [-0.2, -0.15) is 0 Å². The van der Waals surface area contributed by atoms with Crippen LogP contribution in [0.25, 0.3) is 0 Å². The van der Waals surface area contributed by atoms with E-state index in [1.807, 2.05) is 61.5 Å². The maximum Gasteiger partial charge on any atom is 0.134 e. The zero-order chi connectivity index (χ0) is 35.0. The molecule has 0 atom stereocenters. The van der Waals surface area contributed by atoms with Gasteiger partial charge in [0.1, 0.15) is 80.6 Å². The van der Waals surface area contributed by atoms with Gasteiger partial charge in [0.2, 0.25) is 0 Å². The molecule has 7 rings (SSSR count). The topological polar surface area (TPSA) is 55.4 Å². The summed E-state index contributed by atoms with van der Waals surface area (Å²) in [7, 11) is 0. The summed E-state index contributed by atoms with van der Waals surface area (Å²) in [6, 6.07) is 46.2. The van der Waals surface area contributed by atoms with Crippen molar-refractivity contribution in [2.24, 2.45) is 0 Å². The Morgan fingerprint density at radius 1 is 0.294 bits per heavy atom. The molecule has 0 saturated heterocycles. The van der Waals surface area contributed by atoms with Gasteiger partial charge in [-0.3, -0.25) is 0 Å². The van der Waals surface area contributed by atoms with Gasteiger partial charge >= 0.3 is 0 Å². The first-order valence-corrected chi connectivity index (χ1v) is 16.0. The Bertz CT molecular complexity index is 2130. The molecule has 0 amide bonds.